The predicted molar refractivity (Wildman–Crippen MR) is 85.1 cm³/mol. The molecule has 0 radical (unpaired) electrons. The molecule has 22 heavy (non-hydrogen) atoms. The van der Waals surface area contributed by atoms with Crippen LogP contribution < -0.4 is 5.56 Å². The van der Waals surface area contributed by atoms with E-state index in [-0.39, 0.29) is 5.56 Å². The minimum Gasteiger partial charge on any atom is -0.328 e. The Hall–Kier alpha value is -1.92. The Morgan fingerprint density at radius 1 is 0.864 bits per heavy atom. The van der Waals surface area contributed by atoms with Gasteiger partial charge in [-0.15, -0.1) is 0 Å². The maximum atomic E-state index is 12.6. The summed E-state index contributed by atoms with van der Waals surface area (Å²) in [6.07, 6.45) is 4.57. The Morgan fingerprint density at radius 3 is 2.09 bits per heavy atom. The highest BCUT2D eigenvalue weighted by atomic mass is 32.2. The topological polar surface area (TPSA) is 70.2 Å². The number of aromatic amines is 1. The monoisotopic (exact) mass is 318 g/mol. The molecule has 0 unspecified atom stereocenters. The number of H-pyrrole nitrogens is 1. The molecule has 1 N–H and O–H groups in total. The number of nitrogens with one attached hydrogen (secondary N) is 1. The average Bonchev–Trinajstić information content (AvgIpc) is 2.56. The highest BCUT2D eigenvalue weighted by Crippen LogP contribution is 2.24. The molecule has 2 aromatic rings. The lowest BCUT2D eigenvalue weighted by molar-refractivity contribution is 0.346. The molecule has 0 amide bonds. The van der Waals surface area contributed by atoms with Crippen LogP contribution in [0.15, 0.2) is 52.3 Å². The first kappa shape index (κ1) is 15.0. The van der Waals surface area contributed by atoms with Crippen LogP contribution in [0.5, 0.6) is 0 Å². The Labute approximate surface area is 129 Å². The summed E-state index contributed by atoms with van der Waals surface area (Å²) in [6, 6.07) is 9.96. The number of hydrogen-bond donors (Lipinski definition) is 1. The van der Waals surface area contributed by atoms with Crippen LogP contribution in [0.1, 0.15) is 19.3 Å². The third-order valence-electron chi connectivity index (χ3n) is 3.92. The van der Waals surface area contributed by atoms with E-state index in [1.54, 1.807) is 40.8 Å². The second kappa shape index (κ2) is 6.06. The SMILES string of the molecule is O=c1ccc(-c2ccc(S(=O)(=O)N3CCCCC3)cc2)c[nH]1. The van der Waals surface area contributed by atoms with E-state index in [0.717, 1.165) is 30.4 Å². The molecule has 1 fully saturated rings. The number of pyridine rings is 1. The fourth-order valence-corrected chi connectivity index (χ4v) is 4.18. The highest BCUT2D eigenvalue weighted by Gasteiger charge is 2.25. The van der Waals surface area contributed by atoms with Gasteiger partial charge in [-0.2, -0.15) is 4.31 Å². The molecule has 1 aromatic heterocycles. The molecular weight excluding hydrogens is 300 g/mol. The van der Waals surface area contributed by atoms with E-state index >= 15 is 0 Å². The highest BCUT2D eigenvalue weighted by molar-refractivity contribution is 7.89. The summed E-state index contributed by atoms with van der Waals surface area (Å²) in [5.74, 6) is 0. The fraction of sp³-hybridized carbons (Fsp3) is 0.312. The Balaban J connectivity index is 1.87. The first-order valence-electron chi connectivity index (χ1n) is 7.37. The molecule has 6 heteroatoms. The van der Waals surface area contributed by atoms with E-state index in [0.29, 0.717) is 18.0 Å². The van der Waals surface area contributed by atoms with Gasteiger partial charge in [-0.05, 0) is 42.2 Å². The molecule has 1 aliphatic heterocycles. The van der Waals surface area contributed by atoms with E-state index < -0.39 is 10.0 Å². The zero-order valence-corrected chi connectivity index (χ0v) is 13.0. The van der Waals surface area contributed by atoms with Crippen molar-refractivity contribution >= 4 is 10.0 Å². The van der Waals surface area contributed by atoms with Gasteiger partial charge in [0.2, 0.25) is 15.6 Å². The van der Waals surface area contributed by atoms with E-state index in [4.69, 9.17) is 0 Å². The van der Waals surface area contributed by atoms with Crippen molar-refractivity contribution < 1.29 is 8.42 Å². The number of nitrogens with zero attached hydrogens (tertiary/aromatic N) is 1. The molecule has 0 aliphatic carbocycles. The van der Waals surface area contributed by atoms with Gasteiger partial charge in [-0.3, -0.25) is 4.79 Å². The molecule has 0 saturated carbocycles. The van der Waals surface area contributed by atoms with Crippen LogP contribution in [0.3, 0.4) is 0 Å². The van der Waals surface area contributed by atoms with Gasteiger partial charge in [0.25, 0.3) is 0 Å². The Bertz CT molecular complexity index is 784. The van der Waals surface area contributed by atoms with Gasteiger partial charge in [-0.25, -0.2) is 8.42 Å². The summed E-state index contributed by atoms with van der Waals surface area (Å²) >= 11 is 0. The van der Waals surface area contributed by atoms with Crippen LogP contribution in [0.4, 0.5) is 0 Å². The number of benzene rings is 1. The fourth-order valence-electron chi connectivity index (χ4n) is 2.66. The minimum atomic E-state index is -3.39. The lowest BCUT2D eigenvalue weighted by atomic mass is 10.1. The Morgan fingerprint density at radius 2 is 1.50 bits per heavy atom. The molecule has 0 spiro atoms. The van der Waals surface area contributed by atoms with Gasteiger partial charge in [-0.1, -0.05) is 18.6 Å². The number of sulfonamides is 1. The van der Waals surface area contributed by atoms with E-state index in [2.05, 4.69) is 4.98 Å². The van der Waals surface area contributed by atoms with Crippen LogP contribution >= 0.6 is 0 Å². The molecule has 1 aliphatic rings. The van der Waals surface area contributed by atoms with Crippen LogP contribution in [0, 0.1) is 0 Å². The minimum absolute atomic E-state index is 0.159. The normalized spacial score (nSPS) is 16.5. The van der Waals surface area contributed by atoms with Crippen molar-refractivity contribution in [1.82, 2.24) is 9.29 Å². The first-order chi connectivity index (χ1) is 10.6. The van der Waals surface area contributed by atoms with E-state index in [9.17, 15) is 13.2 Å². The van der Waals surface area contributed by atoms with Gasteiger partial charge < -0.3 is 4.98 Å². The zero-order valence-electron chi connectivity index (χ0n) is 12.2. The van der Waals surface area contributed by atoms with Crippen LogP contribution in [-0.2, 0) is 10.0 Å². The molecule has 1 saturated heterocycles. The summed E-state index contributed by atoms with van der Waals surface area (Å²) in [7, 11) is -3.39. The van der Waals surface area contributed by atoms with Crippen LogP contribution in [0.2, 0.25) is 0 Å². The van der Waals surface area contributed by atoms with Crippen molar-refractivity contribution in [1.29, 1.82) is 0 Å². The lowest BCUT2D eigenvalue weighted by Crippen LogP contribution is -2.35. The number of hydrogen-bond acceptors (Lipinski definition) is 3. The van der Waals surface area contributed by atoms with Gasteiger partial charge in [0.05, 0.1) is 4.90 Å². The molecule has 116 valence electrons. The number of piperidine rings is 1. The van der Waals surface area contributed by atoms with E-state index in [1.807, 2.05) is 0 Å². The largest absolute Gasteiger partial charge is 0.328 e. The van der Waals surface area contributed by atoms with Crippen molar-refractivity contribution in [3.8, 4) is 11.1 Å². The lowest BCUT2D eigenvalue weighted by Gasteiger charge is -2.25. The smallest absolute Gasteiger partial charge is 0.247 e. The van der Waals surface area contributed by atoms with Gasteiger partial charge in [0.1, 0.15) is 0 Å². The molecule has 3 rings (SSSR count). The third kappa shape index (κ3) is 2.98. The molecule has 5 nitrogen and oxygen atoms in total. The van der Waals surface area contributed by atoms with Crippen LogP contribution in [0.25, 0.3) is 11.1 Å². The zero-order chi connectivity index (χ0) is 15.6. The maximum Gasteiger partial charge on any atom is 0.247 e. The predicted octanol–water partition coefficient (Wildman–Crippen LogP) is 2.22. The maximum absolute atomic E-state index is 12.6. The molecule has 0 bridgehead atoms. The summed E-state index contributed by atoms with van der Waals surface area (Å²) in [5.41, 5.74) is 1.56. The summed E-state index contributed by atoms with van der Waals surface area (Å²) in [5, 5.41) is 0. The standard InChI is InChI=1S/C16H18N2O3S/c19-16-9-6-14(12-17-16)13-4-7-15(8-5-13)22(20,21)18-10-2-1-3-11-18/h4-9,12H,1-3,10-11H2,(H,17,19). The quantitative estimate of drug-likeness (QED) is 0.943. The number of aromatic nitrogens is 1. The molecule has 0 atom stereocenters. The van der Waals surface area contributed by atoms with E-state index in [1.165, 1.54) is 6.07 Å². The average molecular weight is 318 g/mol. The van der Waals surface area contributed by atoms with Crippen molar-refractivity contribution in [2.45, 2.75) is 24.2 Å². The first-order valence-corrected chi connectivity index (χ1v) is 8.81. The third-order valence-corrected chi connectivity index (χ3v) is 5.84. The van der Waals surface area contributed by atoms with Gasteiger partial charge in [0.15, 0.2) is 0 Å². The second-order valence-electron chi connectivity index (χ2n) is 5.43. The van der Waals surface area contributed by atoms with Crippen LogP contribution in [-0.4, -0.2) is 30.8 Å². The summed E-state index contributed by atoms with van der Waals surface area (Å²) < 4.78 is 26.7. The second-order valence-corrected chi connectivity index (χ2v) is 7.37. The summed E-state index contributed by atoms with van der Waals surface area (Å²) in [4.78, 5) is 14.0. The van der Waals surface area contributed by atoms with Crippen molar-refractivity contribution in [2.75, 3.05) is 13.1 Å². The van der Waals surface area contributed by atoms with Gasteiger partial charge >= 0.3 is 0 Å². The van der Waals surface area contributed by atoms with Crippen molar-refractivity contribution in [2.24, 2.45) is 0 Å². The molecular formula is C16H18N2O3S. The Kier molecular flexibility index (Phi) is 4.13. The summed E-state index contributed by atoms with van der Waals surface area (Å²) in [6.45, 7) is 1.20. The number of rotatable bonds is 3. The van der Waals surface area contributed by atoms with Gasteiger partial charge in [0, 0.05) is 25.4 Å². The van der Waals surface area contributed by atoms with Crippen molar-refractivity contribution in [3.05, 3.63) is 52.9 Å². The van der Waals surface area contributed by atoms with Crippen molar-refractivity contribution in [3.63, 3.8) is 0 Å². The molecule has 2 heterocycles. The molecule has 1 aromatic carbocycles.